The van der Waals surface area contributed by atoms with Crippen LogP contribution in [0, 0.1) is 5.92 Å². The molecular weight excluding hydrogens is 236 g/mol. The molecule has 0 radical (unpaired) electrons. The van der Waals surface area contributed by atoms with Crippen LogP contribution in [0.1, 0.15) is 19.8 Å². The molecule has 4 nitrogen and oxygen atoms in total. The van der Waals surface area contributed by atoms with Crippen molar-refractivity contribution in [3.8, 4) is 0 Å². The molecule has 94 valence electrons. The highest BCUT2D eigenvalue weighted by Gasteiger charge is 2.31. The first-order valence-electron chi connectivity index (χ1n) is 5.83. The Labute approximate surface area is 102 Å². The summed E-state index contributed by atoms with van der Waals surface area (Å²) in [5.74, 6) is 0.515. The summed E-state index contributed by atoms with van der Waals surface area (Å²) < 4.78 is 26.8. The average Bonchev–Trinajstić information content (AvgIpc) is 3.12. The molecule has 0 bridgehead atoms. The first-order chi connectivity index (χ1) is 8.03. The van der Waals surface area contributed by atoms with Gasteiger partial charge in [0.1, 0.15) is 0 Å². The molecule has 1 fully saturated rings. The zero-order valence-electron chi connectivity index (χ0n) is 10.1. The van der Waals surface area contributed by atoms with E-state index in [0.29, 0.717) is 10.8 Å². The van der Waals surface area contributed by atoms with Crippen molar-refractivity contribution < 1.29 is 8.42 Å². The van der Waals surface area contributed by atoms with Crippen molar-refractivity contribution in [1.82, 2.24) is 4.72 Å². The second-order valence-electron chi connectivity index (χ2n) is 4.52. The summed E-state index contributed by atoms with van der Waals surface area (Å²) >= 11 is 0. The molecule has 1 aromatic rings. The summed E-state index contributed by atoms with van der Waals surface area (Å²) in [5, 5.41) is 2.96. The van der Waals surface area contributed by atoms with Crippen LogP contribution in [0.4, 0.5) is 5.69 Å². The van der Waals surface area contributed by atoms with Crippen LogP contribution >= 0.6 is 0 Å². The van der Waals surface area contributed by atoms with Crippen LogP contribution in [-0.2, 0) is 10.0 Å². The largest absolute Gasteiger partial charge is 0.388 e. The van der Waals surface area contributed by atoms with Crippen LogP contribution in [0.15, 0.2) is 29.2 Å². The summed E-state index contributed by atoms with van der Waals surface area (Å²) in [6.07, 6.45) is 2.25. The fourth-order valence-corrected chi connectivity index (χ4v) is 3.12. The normalized spacial score (nSPS) is 17.8. The predicted octanol–water partition coefficient (Wildman–Crippen LogP) is 1.81. The molecule has 0 spiro atoms. The number of hydrogen-bond acceptors (Lipinski definition) is 3. The molecule has 1 saturated carbocycles. The van der Waals surface area contributed by atoms with Gasteiger partial charge >= 0.3 is 0 Å². The molecule has 0 heterocycles. The molecule has 2 N–H and O–H groups in total. The van der Waals surface area contributed by atoms with Crippen molar-refractivity contribution in [2.45, 2.75) is 30.7 Å². The van der Waals surface area contributed by atoms with Gasteiger partial charge in [-0.25, -0.2) is 13.1 Å². The fourth-order valence-electron chi connectivity index (χ4n) is 1.81. The highest BCUT2D eigenvalue weighted by Crippen LogP contribution is 2.33. The minimum Gasteiger partial charge on any atom is -0.388 e. The van der Waals surface area contributed by atoms with E-state index in [1.54, 1.807) is 31.3 Å². The maximum absolute atomic E-state index is 12.0. The van der Waals surface area contributed by atoms with Crippen LogP contribution in [0.5, 0.6) is 0 Å². The smallest absolute Gasteiger partial charge is 0.240 e. The lowest BCUT2D eigenvalue weighted by Crippen LogP contribution is -2.33. The lowest BCUT2D eigenvalue weighted by molar-refractivity contribution is 0.538. The van der Waals surface area contributed by atoms with Crippen LogP contribution in [-0.4, -0.2) is 21.5 Å². The summed E-state index contributed by atoms with van der Waals surface area (Å²) in [6.45, 7) is 1.93. The van der Waals surface area contributed by atoms with E-state index in [1.165, 1.54) is 0 Å². The molecule has 17 heavy (non-hydrogen) atoms. The number of anilines is 1. The first kappa shape index (κ1) is 12.4. The van der Waals surface area contributed by atoms with Gasteiger partial charge < -0.3 is 5.32 Å². The van der Waals surface area contributed by atoms with Gasteiger partial charge in [0.15, 0.2) is 0 Å². The van der Waals surface area contributed by atoms with Gasteiger partial charge in [-0.3, -0.25) is 0 Å². The fraction of sp³-hybridized carbons (Fsp3) is 0.500. The second-order valence-corrected chi connectivity index (χ2v) is 6.24. The number of hydrogen-bond donors (Lipinski definition) is 2. The standard InChI is InChI=1S/C12H18N2O2S/c1-9(10-3-4-10)14-17(15,16)12-7-5-11(13-2)6-8-12/h5-10,13-14H,3-4H2,1-2H3. The molecule has 2 rings (SSSR count). The van der Waals surface area contributed by atoms with E-state index < -0.39 is 10.0 Å². The van der Waals surface area contributed by atoms with E-state index in [9.17, 15) is 8.42 Å². The Morgan fingerprint density at radius 1 is 1.24 bits per heavy atom. The number of benzene rings is 1. The van der Waals surface area contributed by atoms with Gasteiger partial charge in [-0.05, 0) is 49.9 Å². The Bertz CT molecular complexity index is 478. The molecule has 0 aliphatic heterocycles. The SMILES string of the molecule is CNc1ccc(S(=O)(=O)NC(C)C2CC2)cc1. The number of rotatable bonds is 5. The predicted molar refractivity (Wildman–Crippen MR) is 68.5 cm³/mol. The maximum atomic E-state index is 12.0. The van der Waals surface area contributed by atoms with E-state index in [2.05, 4.69) is 10.0 Å². The molecule has 0 amide bonds. The molecule has 1 aliphatic carbocycles. The van der Waals surface area contributed by atoms with Gasteiger partial charge in [-0.2, -0.15) is 0 Å². The third-order valence-corrected chi connectivity index (χ3v) is 4.70. The minimum atomic E-state index is -3.37. The Morgan fingerprint density at radius 2 is 1.82 bits per heavy atom. The van der Waals surface area contributed by atoms with Crippen molar-refractivity contribution in [3.05, 3.63) is 24.3 Å². The number of sulfonamides is 1. The zero-order chi connectivity index (χ0) is 12.5. The van der Waals surface area contributed by atoms with Crippen molar-refractivity contribution in [2.75, 3.05) is 12.4 Å². The minimum absolute atomic E-state index is 0.0315. The lowest BCUT2D eigenvalue weighted by Gasteiger charge is -2.13. The molecular formula is C12H18N2O2S. The molecule has 1 unspecified atom stereocenters. The molecule has 0 saturated heterocycles. The Kier molecular flexibility index (Phi) is 3.40. The highest BCUT2D eigenvalue weighted by atomic mass is 32.2. The van der Waals surface area contributed by atoms with Crippen molar-refractivity contribution >= 4 is 15.7 Å². The van der Waals surface area contributed by atoms with Crippen molar-refractivity contribution in [2.24, 2.45) is 5.92 Å². The van der Waals surface area contributed by atoms with E-state index in [4.69, 9.17) is 0 Å². The maximum Gasteiger partial charge on any atom is 0.240 e. The van der Waals surface area contributed by atoms with Crippen molar-refractivity contribution in [3.63, 3.8) is 0 Å². The van der Waals surface area contributed by atoms with Gasteiger partial charge in [-0.1, -0.05) is 0 Å². The average molecular weight is 254 g/mol. The van der Waals surface area contributed by atoms with E-state index >= 15 is 0 Å². The molecule has 1 aromatic carbocycles. The van der Waals surface area contributed by atoms with Gasteiger partial charge in [-0.15, -0.1) is 0 Å². The first-order valence-corrected chi connectivity index (χ1v) is 7.31. The third kappa shape index (κ3) is 2.98. The molecule has 1 aliphatic rings. The third-order valence-electron chi connectivity index (χ3n) is 3.12. The highest BCUT2D eigenvalue weighted by molar-refractivity contribution is 7.89. The van der Waals surface area contributed by atoms with E-state index in [-0.39, 0.29) is 6.04 Å². The van der Waals surface area contributed by atoms with E-state index in [1.807, 2.05) is 6.92 Å². The van der Waals surface area contributed by atoms with Gasteiger partial charge in [0.25, 0.3) is 0 Å². The van der Waals surface area contributed by atoms with Gasteiger partial charge in [0.05, 0.1) is 4.90 Å². The molecule has 0 aromatic heterocycles. The van der Waals surface area contributed by atoms with E-state index in [0.717, 1.165) is 18.5 Å². The monoisotopic (exact) mass is 254 g/mol. The Hall–Kier alpha value is -1.07. The zero-order valence-corrected chi connectivity index (χ0v) is 10.9. The van der Waals surface area contributed by atoms with Crippen LogP contribution in [0.2, 0.25) is 0 Å². The summed E-state index contributed by atoms with van der Waals surface area (Å²) in [4.78, 5) is 0.323. The molecule has 1 atom stereocenters. The lowest BCUT2D eigenvalue weighted by atomic mass is 10.2. The van der Waals surface area contributed by atoms with Crippen molar-refractivity contribution in [1.29, 1.82) is 0 Å². The van der Waals surface area contributed by atoms with Gasteiger partial charge in [0.2, 0.25) is 10.0 Å². The summed E-state index contributed by atoms with van der Waals surface area (Å²) in [6, 6.07) is 6.79. The van der Waals surface area contributed by atoms with Crippen LogP contribution in [0.25, 0.3) is 0 Å². The summed E-state index contributed by atoms with van der Waals surface area (Å²) in [5.41, 5.74) is 0.902. The topological polar surface area (TPSA) is 58.2 Å². The molecule has 5 heteroatoms. The van der Waals surface area contributed by atoms with Crippen LogP contribution < -0.4 is 10.0 Å². The van der Waals surface area contributed by atoms with Gasteiger partial charge in [0, 0.05) is 18.8 Å². The Morgan fingerprint density at radius 3 is 2.29 bits per heavy atom. The number of nitrogens with one attached hydrogen (secondary N) is 2. The summed E-state index contributed by atoms with van der Waals surface area (Å²) in [7, 11) is -1.56. The Balaban J connectivity index is 2.12. The van der Waals surface area contributed by atoms with Crippen LogP contribution in [0.3, 0.4) is 0 Å². The quantitative estimate of drug-likeness (QED) is 0.842. The second kappa shape index (κ2) is 4.66.